The summed E-state index contributed by atoms with van der Waals surface area (Å²) in [6.45, 7) is 1.81. The van der Waals surface area contributed by atoms with Gasteiger partial charge in [0.15, 0.2) is 11.5 Å². The molecule has 5 nitrogen and oxygen atoms in total. The molecule has 24 heavy (non-hydrogen) atoms. The molecule has 2 aromatic heterocycles. The van der Waals surface area contributed by atoms with Gasteiger partial charge in [0, 0.05) is 12.6 Å². The first-order valence-corrected chi connectivity index (χ1v) is 7.45. The third kappa shape index (κ3) is 3.03. The highest BCUT2D eigenvalue weighted by molar-refractivity contribution is 5.97. The number of aryl methyl sites for hydroxylation is 2. The molecule has 3 aromatic rings. The Morgan fingerprint density at radius 1 is 1.21 bits per heavy atom. The fourth-order valence-corrected chi connectivity index (χ4v) is 2.46. The maximum Gasteiger partial charge on any atom is 0.300 e. The predicted octanol–water partition coefficient (Wildman–Crippen LogP) is 2.66. The zero-order valence-electron chi connectivity index (χ0n) is 13.0. The van der Waals surface area contributed by atoms with Gasteiger partial charge in [-0.2, -0.15) is 0 Å². The number of benzene rings is 1. The second-order valence-electron chi connectivity index (χ2n) is 5.60. The van der Waals surface area contributed by atoms with Crippen LogP contribution in [0.25, 0.3) is 5.65 Å². The summed E-state index contributed by atoms with van der Waals surface area (Å²) in [7, 11) is 0. The number of carbonyl (C=O) groups is 1. The number of hydrogen-bond acceptors (Lipinski definition) is 4. The fourth-order valence-electron chi connectivity index (χ4n) is 2.46. The van der Waals surface area contributed by atoms with Gasteiger partial charge in [-0.05, 0) is 42.7 Å². The van der Waals surface area contributed by atoms with Crippen LogP contribution in [0.3, 0.4) is 0 Å². The van der Waals surface area contributed by atoms with E-state index in [1.54, 1.807) is 30.5 Å². The first-order chi connectivity index (χ1) is 11.5. The number of rotatable bonds is 4. The molecule has 2 heterocycles. The molecule has 1 aromatic carbocycles. The molecule has 0 bridgehead atoms. The van der Waals surface area contributed by atoms with Crippen LogP contribution in [0.1, 0.15) is 28.0 Å². The number of pyridine rings is 1. The molecule has 122 valence electrons. The summed E-state index contributed by atoms with van der Waals surface area (Å²) in [6, 6.07) is 9.21. The molecule has 0 saturated heterocycles. The van der Waals surface area contributed by atoms with Gasteiger partial charge in [0.05, 0.1) is 0 Å². The Labute approximate surface area is 137 Å². The van der Waals surface area contributed by atoms with Crippen LogP contribution in [-0.2, 0) is 6.42 Å². The van der Waals surface area contributed by atoms with E-state index in [4.69, 9.17) is 0 Å². The number of aromatic nitrogens is 2. The summed E-state index contributed by atoms with van der Waals surface area (Å²) in [5.41, 5.74) is 1.02. The van der Waals surface area contributed by atoms with Crippen molar-refractivity contribution in [2.75, 3.05) is 0 Å². The molecular weight excluding hydrogens is 311 g/mol. The minimum absolute atomic E-state index is 0.0632. The van der Waals surface area contributed by atoms with E-state index < -0.39 is 17.1 Å². The largest absolute Gasteiger partial charge is 0.501 e. The van der Waals surface area contributed by atoms with E-state index in [2.05, 4.69) is 4.98 Å². The van der Waals surface area contributed by atoms with Gasteiger partial charge in [-0.25, -0.2) is 9.37 Å². The summed E-state index contributed by atoms with van der Waals surface area (Å²) in [5.74, 6) is -1.43. The zero-order valence-corrected chi connectivity index (χ0v) is 13.0. The molecule has 0 radical (unpaired) electrons. The number of nitrogens with zero attached hydrogens (tertiary/aromatic N) is 2. The van der Waals surface area contributed by atoms with Crippen molar-refractivity contribution in [1.29, 1.82) is 0 Å². The van der Waals surface area contributed by atoms with Crippen LogP contribution in [0.15, 0.2) is 47.4 Å². The van der Waals surface area contributed by atoms with Crippen molar-refractivity contribution in [3.05, 3.63) is 75.6 Å². The maximum absolute atomic E-state index is 12.9. The second-order valence-corrected chi connectivity index (χ2v) is 5.60. The number of Topliss-reactive ketones (excluding diaryl/α,β-unsaturated/α-hetero) is 1. The molecule has 0 amide bonds. The first kappa shape index (κ1) is 15.9. The molecule has 0 fully saturated rings. The SMILES string of the molecule is Cc1ccc2nc(C(=O)CCc3ccc(F)cc3)c(O)c(=O)n2c1. The van der Waals surface area contributed by atoms with Crippen LogP contribution < -0.4 is 5.56 Å². The molecule has 0 aliphatic heterocycles. The third-order valence-corrected chi connectivity index (χ3v) is 3.76. The van der Waals surface area contributed by atoms with Crippen LogP contribution in [0.5, 0.6) is 5.75 Å². The van der Waals surface area contributed by atoms with Crippen LogP contribution in [0.2, 0.25) is 0 Å². The summed E-state index contributed by atoms with van der Waals surface area (Å²) < 4.78 is 14.1. The number of aromatic hydroxyl groups is 1. The van der Waals surface area contributed by atoms with Gasteiger partial charge in [-0.3, -0.25) is 14.0 Å². The highest BCUT2D eigenvalue weighted by atomic mass is 19.1. The minimum atomic E-state index is -0.672. The van der Waals surface area contributed by atoms with Gasteiger partial charge in [-0.1, -0.05) is 18.2 Å². The van der Waals surface area contributed by atoms with E-state index in [1.807, 2.05) is 6.92 Å². The number of fused-ring (bicyclic) bond motifs is 1. The Hall–Kier alpha value is -3.02. The average molecular weight is 326 g/mol. The second kappa shape index (κ2) is 6.23. The smallest absolute Gasteiger partial charge is 0.300 e. The van der Waals surface area contributed by atoms with E-state index in [9.17, 15) is 19.1 Å². The van der Waals surface area contributed by atoms with Crippen molar-refractivity contribution in [1.82, 2.24) is 9.38 Å². The molecule has 0 aliphatic rings. The lowest BCUT2D eigenvalue weighted by molar-refractivity contribution is 0.0975. The minimum Gasteiger partial charge on any atom is -0.501 e. The van der Waals surface area contributed by atoms with Gasteiger partial charge < -0.3 is 5.11 Å². The van der Waals surface area contributed by atoms with Crippen molar-refractivity contribution >= 4 is 11.4 Å². The lowest BCUT2D eigenvalue weighted by Gasteiger charge is -2.07. The summed E-state index contributed by atoms with van der Waals surface area (Å²) in [4.78, 5) is 28.6. The van der Waals surface area contributed by atoms with Crippen molar-refractivity contribution in [2.45, 2.75) is 19.8 Å². The lowest BCUT2D eigenvalue weighted by atomic mass is 10.1. The number of hydrogen-bond donors (Lipinski definition) is 1. The van der Waals surface area contributed by atoms with Crippen molar-refractivity contribution in [2.24, 2.45) is 0 Å². The normalized spacial score (nSPS) is 10.9. The molecule has 0 unspecified atom stereocenters. The Morgan fingerprint density at radius 3 is 2.62 bits per heavy atom. The van der Waals surface area contributed by atoms with E-state index in [0.717, 1.165) is 11.1 Å². The van der Waals surface area contributed by atoms with Crippen LogP contribution in [0, 0.1) is 12.7 Å². The third-order valence-electron chi connectivity index (χ3n) is 3.76. The monoisotopic (exact) mass is 326 g/mol. The van der Waals surface area contributed by atoms with Gasteiger partial charge in [-0.15, -0.1) is 0 Å². The van der Waals surface area contributed by atoms with Gasteiger partial charge in [0.25, 0.3) is 0 Å². The molecule has 6 heteroatoms. The number of ketones is 1. The van der Waals surface area contributed by atoms with Crippen LogP contribution in [0.4, 0.5) is 4.39 Å². The summed E-state index contributed by atoms with van der Waals surface area (Å²) in [6.07, 6.45) is 1.98. The number of halogens is 1. The van der Waals surface area contributed by atoms with E-state index in [1.165, 1.54) is 16.5 Å². The van der Waals surface area contributed by atoms with E-state index in [0.29, 0.717) is 12.1 Å². The molecule has 3 rings (SSSR count). The molecule has 0 aliphatic carbocycles. The summed E-state index contributed by atoms with van der Waals surface area (Å²) in [5, 5.41) is 10.0. The molecule has 0 saturated carbocycles. The van der Waals surface area contributed by atoms with Crippen molar-refractivity contribution in [3.8, 4) is 5.75 Å². The van der Waals surface area contributed by atoms with Crippen molar-refractivity contribution in [3.63, 3.8) is 0 Å². The Balaban J connectivity index is 1.89. The van der Waals surface area contributed by atoms with Crippen LogP contribution in [-0.4, -0.2) is 20.3 Å². The summed E-state index contributed by atoms with van der Waals surface area (Å²) >= 11 is 0. The predicted molar refractivity (Wildman–Crippen MR) is 86.9 cm³/mol. The van der Waals surface area contributed by atoms with Gasteiger partial charge >= 0.3 is 5.56 Å². The first-order valence-electron chi connectivity index (χ1n) is 7.45. The Bertz CT molecular complexity index is 978. The standard InChI is InChI=1S/C18H15FN2O3/c1-11-2-9-15-20-16(17(23)18(24)21(15)10-11)14(22)8-5-12-3-6-13(19)7-4-12/h2-4,6-7,9-10,23H,5,8H2,1H3. The Morgan fingerprint density at radius 2 is 1.92 bits per heavy atom. The van der Waals surface area contributed by atoms with Crippen molar-refractivity contribution < 1.29 is 14.3 Å². The van der Waals surface area contributed by atoms with E-state index in [-0.39, 0.29) is 17.9 Å². The molecular formula is C18H15FN2O3. The highest BCUT2D eigenvalue weighted by Gasteiger charge is 2.18. The average Bonchev–Trinajstić information content (AvgIpc) is 2.58. The maximum atomic E-state index is 12.9. The topological polar surface area (TPSA) is 71.7 Å². The zero-order chi connectivity index (χ0) is 17.3. The van der Waals surface area contributed by atoms with Gasteiger partial charge in [0.1, 0.15) is 11.5 Å². The fraction of sp³-hybridized carbons (Fsp3) is 0.167. The number of carbonyl (C=O) groups excluding carboxylic acids is 1. The van der Waals surface area contributed by atoms with Crippen LogP contribution >= 0.6 is 0 Å². The van der Waals surface area contributed by atoms with E-state index >= 15 is 0 Å². The quantitative estimate of drug-likeness (QED) is 0.748. The lowest BCUT2D eigenvalue weighted by Crippen LogP contribution is -2.19. The molecule has 0 atom stereocenters. The highest BCUT2D eigenvalue weighted by Crippen LogP contribution is 2.15. The van der Waals surface area contributed by atoms with Gasteiger partial charge in [0.2, 0.25) is 5.75 Å². The molecule has 1 N–H and O–H groups in total. The Kier molecular flexibility index (Phi) is 4.12. The molecule has 0 spiro atoms.